The number of piperazine rings is 1. The van der Waals surface area contributed by atoms with E-state index in [9.17, 15) is 19.5 Å². The Balaban J connectivity index is 1.45. The predicted molar refractivity (Wildman–Crippen MR) is 162 cm³/mol. The average molecular weight is 565 g/mol. The van der Waals surface area contributed by atoms with E-state index in [0.29, 0.717) is 19.5 Å². The fourth-order valence-corrected chi connectivity index (χ4v) is 5.67. The molecule has 3 amide bonds. The summed E-state index contributed by atoms with van der Waals surface area (Å²) in [7, 11) is 0. The Morgan fingerprint density at radius 2 is 1.60 bits per heavy atom. The molecule has 0 aromatic heterocycles. The minimum atomic E-state index is -0.791. The quantitative estimate of drug-likeness (QED) is 0.378. The van der Waals surface area contributed by atoms with Gasteiger partial charge < -0.3 is 14.9 Å². The van der Waals surface area contributed by atoms with Gasteiger partial charge in [0.15, 0.2) is 0 Å². The van der Waals surface area contributed by atoms with Crippen LogP contribution in [0, 0.1) is 0 Å². The highest BCUT2D eigenvalue weighted by molar-refractivity contribution is 5.92. The van der Waals surface area contributed by atoms with Gasteiger partial charge >= 0.3 is 0 Å². The number of phenolic OH excluding ortho intramolecular Hbond substituents is 1. The fourth-order valence-electron chi connectivity index (χ4n) is 5.67. The van der Waals surface area contributed by atoms with Crippen molar-refractivity contribution in [3.05, 3.63) is 120 Å². The van der Waals surface area contributed by atoms with Crippen LogP contribution in [0.25, 0.3) is 6.08 Å². The number of hydrogen-bond acceptors (Lipinski definition) is 5. The van der Waals surface area contributed by atoms with E-state index >= 15 is 0 Å². The van der Waals surface area contributed by atoms with Gasteiger partial charge in [-0.25, -0.2) is 10.0 Å². The van der Waals surface area contributed by atoms with Crippen LogP contribution in [0.2, 0.25) is 0 Å². The zero-order valence-electron chi connectivity index (χ0n) is 23.6. The second-order valence-corrected chi connectivity index (χ2v) is 10.6. The molecule has 2 saturated heterocycles. The van der Waals surface area contributed by atoms with E-state index in [1.54, 1.807) is 50.2 Å². The topological polar surface area (TPSA) is 84.4 Å². The van der Waals surface area contributed by atoms with Gasteiger partial charge in [0, 0.05) is 25.9 Å². The van der Waals surface area contributed by atoms with E-state index in [0.717, 1.165) is 16.7 Å². The summed E-state index contributed by atoms with van der Waals surface area (Å²) in [6, 6.07) is 25.5. The Bertz CT molecular complexity index is 1420. The third-order valence-corrected chi connectivity index (χ3v) is 7.70. The number of rotatable bonds is 10. The van der Waals surface area contributed by atoms with Crippen LogP contribution in [0.1, 0.15) is 23.1 Å². The molecular formula is C34H36N4O4. The molecule has 2 heterocycles. The average Bonchev–Trinajstić information content (AvgIpc) is 3.00. The molecule has 0 bridgehead atoms. The van der Waals surface area contributed by atoms with E-state index in [1.807, 2.05) is 72.8 Å². The van der Waals surface area contributed by atoms with Crippen molar-refractivity contribution in [1.82, 2.24) is 19.8 Å². The third-order valence-electron chi connectivity index (χ3n) is 7.70. The maximum absolute atomic E-state index is 13.9. The number of amides is 3. The first-order chi connectivity index (χ1) is 20.4. The molecule has 216 valence electrons. The molecule has 42 heavy (non-hydrogen) atoms. The fraction of sp³-hybridized carbons (Fsp3) is 0.265. The molecule has 0 radical (unpaired) electrons. The minimum absolute atomic E-state index is 0.0210. The van der Waals surface area contributed by atoms with E-state index < -0.39 is 12.2 Å². The second kappa shape index (κ2) is 13.3. The van der Waals surface area contributed by atoms with Crippen LogP contribution < -0.4 is 0 Å². The molecule has 2 fully saturated rings. The number of carbonyl (C=O) groups is 3. The molecule has 8 heteroatoms. The molecule has 0 saturated carbocycles. The van der Waals surface area contributed by atoms with Crippen LogP contribution in [0.15, 0.2) is 104 Å². The molecule has 0 unspecified atom stereocenters. The van der Waals surface area contributed by atoms with Gasteiger partial charge in [-0.3, -0.25) is 14.4 Å². The standard InChI is InChI=1S/C34H36N4O4/c1-2-21-36-25-33(41)37-30(23-28-15-18-29(39)19-16-28)34(42)35(22-9-14-26-10-5-3-6-11-26)24-31(37)38(36)32(40)20-17-27-12-7-4-8-13-27/h2-16,18-19,30-31,39H,1,17,20-25H2/b14-9+/t30-,31-/m0/s1. The lowest BCUT2D eigenvalue weighted by Gasteiger charge is -2.55. The summed E-state index contributed by atoms with van der Waals surface area (Å²) in [6.45, 7) is 4.69. The van der Waals surface area contributed by atoms with Crippen molar-refractivity contribution in [2.75, 3.05) is 26.2 Å². The highest BCUT2D eigenvalue weighted by Crippen LogP contribution is 2.29. The largest absolute Gasteiger partial charge is 0.508 e. The van der Waals surface area contributed by atoms with Crippen molar-refractivity contribution in [3.63, 3.8) is 0 Å². The van der Waals surface area contributed by atoms with Crippen LogP contribution in [0.5, 0.6) is 5.75 Å². The predicted octanol–water partition coefficient (Wildman–Crippen LogP) is 3.89. The monoisotopic (exact) mass is 564 g/mol. The smallest absolute Gasteiger partial charge is 0.246 e. The lowest BCUT2D eigenvalue weighted by molar-refractivity contribution is -0.204. The number of fused-ring (bicyclic) bond motifs is 1. The van der Waals surface area contributed by atoms with Crippen molar-refractivity contribution in [2.24, 2.45) is 0 Å². The summed E-state index contributed by atoms with van der Waals surface area (Å²) in [6.07, 6.45) is 6.04. The Hall–Kier alpha value is -4.69. The summed E-state index contributed by atoms with van der Waals surface area (Å²) < 4.78 is 0. The maximum atomic E-state index is 13.9. The van der Waals surface area contributed by atoms with Crippen molar-refractivity contribution < 1.29 is 19.5 Å². The Kier molecular flexibility index (Phi) is 9.14. The van der Waals surface area contributed by atoms with Gasteiger partial charge in [0.1, 0.15) is 18.0 Å². The zero-order chi connectivity index (χ0) is 29.5. The van der Waals surface area contributed by atoms with Crippen molar-refractivity contribution in [3.8, 4) is 5.75 Å². The summed E-state index contributed by atoms with van der Waals surface area (Å²) in [5.41, 5.74) is 2.89. The van der Waals surface area contributed by atoms with E-state index in [2.05, 4.69) is 6.58 Å². The van der Waals surface area contributed by atoms with Crippen molar-refractivity contribution >= 4 is 23.8 Å². The summed E-state index contributed by atoms with van der Waals surface area (Å²) in [5.74, 6) is -0.353. The summed E-state index contributed by atoms with van der Waals surface area (Å²) >= 11 is 0. The first kappa shape index (κ1) is 28.8. The normalized spacial score (nSPS) is 19.3. The number of nitrogens with zero attached hydrogens (tertiary/aromatic N) is 4. The lowest BCUT2D eigenvalue weighted by atomic mass is 9.98. The Morgan fingerprint density at radius 3 is 2.29 bits per heavy atom. The van der Waals surface area contributed by atoms with Crippen LogP contribution in [0.4, 0.5) is 0 Å². The van der Waals surface area contributed by atoms with Gasteiger partial charge in [0.05, 0.1) is 13.1 Å². The van der Waals surface area contributed by atoms with Gasteiger partial charge in [-0.2, -0.15) is 0 Å². The van der Waals surface area contributed by atoms with Gasteiger partial charge in [-0.15, -0.1) is 6.58 Å². The molecule has 2 aliphatic heterocycles. The van der Waals surface area contributed by atoms with Crippen molar-refractivity contribution in [2.45, 2.75) is 31.5 Å². The lowest BCUT2D eigenvalue weighted by Crippen LogP contribution is -2.76. The number of benzene rings is 3. The second-order valence-electron chi connectivity index (χ2n) is 10.6. The van der Waals surface area contributed by atoms with E-state index in [-0.39, 0.29) is 49.4 Å². The number of aromatic hydroxyl groups is 1. The SMILES string of the molecule is C=CCN1CC(=O)N2[C@@H](Cc3ccc(O)cc3)C(=O)N(C/C=C/c3ccccc3)C[C@@H]2N1C(=O)CCc1ccccc1. The van der Waals surface area contributed by atoms with Crippen LogP contribution in [-0.4, -0.2) is 81.0 Å². The van der Waals surface area contributed by atoms with E-state index in [4.69, 9.17) is 0 Å². The molecular weight excluding hydrogens is 528 g/mol. The Labute approximate surface area is 246 Å². The first-order valence-electron chi connectivity index (χ1n) is 14.3. The zero-order valence-corrected chi connectivity index (χ0v) is 23.6. The van der Waals surface area contributed by atoms with E-state index in [1.165, 1.54) is 0 Å². The van der Waals surface area contributed by atoms with Gasteiger partial charge in [0.25, 0.3) is 0 Å². The van der Waals surface area contributed by atoms with Crippen molar-refractivity contribution in [1.29, 1.82) is 0 Å². The van der Waals surface area contributed by atoms with Gasteiger partial charge in [-0.1, -0.05) is 91.0 Å². The third kappa shape index (κ3) is 6.61. The highest BCUT2D eigenvalue weighted by atomic mass is 16.3. The van der Waals surface area contributed by atoms with Crippen LogP contribution in [-0.2, 0) is 27.2 Å². The molecule has 0 aliphatic carbocycles. The highest BCUT2D eigenvalue weighted by Gasteiger charge is 2.50. The summed E-state index contributed by atoms with van der Waals surface area (Å²) in [5, 5.41) is 13.2. The molecule has 2 aliphatic rings. The molecule has 1 N–H and O–H groups in total. The van der Waals surface area contributed by atoms with Gasteiger partial charge in [-0.05, 0) is 35.2 Å². The number of aryl methyl sites for hydroxylation is 1. The Morgan fingerprint density at radius 1 is 0.905 bits per heavy atom. The number of carbonyl (C=O) groups excluding carboxylic acids is 3. The van der Waals surface area contributed by atoms with Crippen LogP contribution >= 0.6 is 0 Å². The maximum Gasteiger partial charge on any atom is 0.246 e. The first-order valence-corrected chi connectivity index (χ1v) is 14.3. The van der Waals surface area contributed by atoms with Crippen LogP contribution in [0.3, 0.4) is 0 Å². The molecule has 3 aromatic rings. The molecule has 2 atom stereocenters. The number of hydrogen-bond donors (Lipinski definition) is 1. The summed E-state index contributed by atoms with van der Waals surface area (Å²) in [4.78, 5) is 44.8. The molecule has 5 rings (SSSR count). The molecule has 0 spiro atoms. The minimum Gasteiger partial charge on any atom is -0.508 e. The van der Waals surface area contributed by atoms with Gasteiger partial charge in [0.2, 0.25) is 17.7 Å². The molecule has 8 nitrogen and oxygen atoms in total. The molecule has 3 aromatic carbocycles. The number of hydrazine groups is 1. The number of phenols is 1.